The molecule has 0 saturated carbocycles. The number of hydrogen-bond acceptors (Lipinski definition) is 3. The molecule has 4 heteroatoms. The van der Waals surface area contributed by atoms with Crippen LogP contribution in [-0.2, 0) is 13.0 Å². The Kier molecular flexibility index (Phi) is 3.89. The number of aromatic amines is 1. The molecule has 2 N–H and O–H groups in total. The molecule has 1 aromatic carbocycles. The van der Waals surface area contributed by atoms with Gasteiger partial charge in [-0.15, -0.1) is 0 Å². The van der Waals surface area contributed by atoms with Gasteiger partial charge in [0, 0.05) is 18.7 Å². The van der Waals surface area contributed by atoms with E-state index in [1.54, 1.807) is 0 Å². The van der Waals surface area contributed by atoms with Gasteiger partial charge in [0.1, 0.15) is 5.82 Å². The number of hydrogen-bond donors (Lipinski definition) is 2. The van der Waals surface area contributed by atoms with Crippen LogP contribution in [0.1, 0.15) is 22.6 Å². The third kappa shape index (κ3) is 2.84. The summed E-state index contributed by atoms with van der Waals surface area (Å²) in [6, 6.07) is 9.99. The number of rotatable bonds is 4. The second-order valence-electron chi connectivity index (χ2n) is 4.27. The topological polar surface area (TPSA) is 57.8 Å². The number of aromatic nitrogens is 2. The summed E-state index contributed by atoms with van der Waals surface area (Å²) in [5, 5.41) is 2.97. The Morgan fingerprint density at radius 2 is 2.00 bits per heavy atom. The largest absolute Gasteiger partial charge is 0.315 e. The van der Waals surface area contributed by atoms with E-state index in [4.69, 9.17) is 0 Å². The van der Waals surface area contributed by atoms with Gasteiger partial charge in [-0.05, 0) is 19.5 Å². The molecule has 0 fully saturated rings. The first-order chi connectivity index (χ1) is 8.70. The molecule has 2 rings (SSSR count). The number of nitrogens with zero attached hydrogens (tertiary/aromatic N) is 1. The van der Waals surface area contributed by atoms with Gasteiger partial charge in [0.2, 0.25) is 0 Å². The zero-order chi connectivity index (χ0) is 13.0. The van der Waals surface area contributed by atoms with Crippen molar-refractivity contribution < 1.29 is 0 Å². The molecule has 1 aromatic heterocycles. The Bertz CT molecular complexity index is 575. The van der Waals surface area contributed by atoms with E-state index in [1.807, 2.05) is 44.3 Å². The highest BCUT2D eigenvalue weighted by Crippen LogP contribution is 2.06. The maximum atomic E-state index is 11.9. The minimum atomic E-state index is -0.0530. The van der Waals surface area contributed by atoms with Crippen molar-refractivity contribution in [1.29, 1.82) is 0 Å². The second-order valence-corrected chi connectivity index (χ2v) is 4.27. The lowest BCUT2D eigenvalue weighted by Gasteiger charge is -2.06. The Morgan fingerprint density at radius 1 is 1.28 bits per heavy atom. The Morgan fingerprint density at radius 3 is 2.61 bits per heavy atom. The molecule has 0 saturated heterocycles. The van der Waals surface area contributed by atoms with Crippen LogP contribution in [0.3, 0.4) is 0 Å². The molecular formula is C14H17N3O. The fourth-order valence-corrected chi connectivity index (χ4v) is 1.93. The molecule has 0 unspecified atom stereocenters. The minimum absolute atomic E-state index is 0.0530. The standard InChI is InChI=1S/C14H17N3O/c1-10-12(9-15-2)14(18)17-13(16-10)8-11-6-4-3-5-7-11/h3-7,15H,8-9H2,1-2H3,(H,16,17,18). The summed E-state index contributed by atoms with van der Waals surface area (Å²) < 4.78 is 0. The number of aryl methyl sites for hydroxylation is 1. The van der Waals surface area contributed by atoms with E-state index >= 15 is 0 Å². The van der Waals surface area contributed by atoms with Crippen LogP contribution in [0.15, 0.2) is 35.1 Å². The first-order valence-corrected chi connectivity index (χ1v) is 5.98. The second kappa shape index (κ2) is 5.60. The van der Waals surface area contributed by atoms with Crippen molar-refractivity contribution in [1.82, 2.24) is 15.3 Å². The van der Waals surface area contributed by atoms with Crippen LogP contribution in [0.4, 0.5) is 0 Å². The van der Waals surface area contributed by atoms with E-state index in [-0.39, 0.29) is 5.56 Å². The molecule has 0 aliphatic carbocycles. The summed E-state index contributed by atoms with van der Waals surface area (Å²) in [5.74, 6) is 0.712. The molecule has 0 atom stereocenters. The maximum Gasteiger partial charge on any atom is 0.255 e. The molecule has 2 aromatic rings. The predicted molar refractivity (Wildman–Crippen MR) is 71.6 cm³/mol. The van der Waals surface area contributed by atoms with Gasteiger partial charge in [-0.3, -0.25) is 4.79 Å². The summed E-state index contributed by atoms with van der Waals surface area (Å²) in [7, 11) is 1.82. The zero-order valence-electron chi connectivity index (χ0n) is 10.7. The highest BCUT2D eigenvalue weighted by Gasteiger charge is 2.07. The lowest BCUT2D eigenvalue weighted by molar-refractivity contribution is 0.773. The molecule has 94 valence electrons. The van der Waals surface area contributed by atoms with Crippen molar-refractivity contribution in [3.63, 3.8) is 0 Å². The van der Waals surface area contributed by atoms with Crippen LogP contribution in [-0.4, -0.2) is 17.0 Å². The van der Waals surface area contributed by atoms with Gasteiger partial charge in [-0.2, -0.15) is 0 Å². The average molecular weight is 243 g/mol. The average Bonchev–Trinajstić information content (AvgIpc) is 2.35. The third-order valence-electron chi connectivity index (χ3n) is 2.84. The van der Waals surface area contributed by atoms with E-state index < -0.39 is 0 Å². The van der Waals surface area contributed by atoms with Crippen molar-refractivity contribution in [2.45, 2.75) is 19.9 Å². The Hall–Kier alpha value is -1.94. The summed E-state index contributed by atoms with van der Waals surface area (Å²) in [6.07, 6.45) is 0.650. The molecule has 0 amide bonds. The van der Waals surface area contributed by atoms with E-state index in [0.717, 1.165) is 11.3 Å². The molecule has 1 heterocycles. The number of benzene rings is 1. The Balaban J connectivity index is 2.28. The summed E-state index contributed by atoms with van der Waals surface area (Å²) in [5.41, 5.74) is 2.58. The van der Waals surface area contributed by atoms with E-state index in [9.17, 15) is 4.79 Å². The lowest BCUT2D eigenvalue weighted by Crippen LogP contribution is -2.23. The highest BCUT2D eigenvalue weighted by molar-refractivity contribution is 5.21. The quantitative estimate of drug-likeness (QED) is 0.853. The van der Waals surface area contributed by atoms with Gasteiger partial charge in [-0.25, -0.2) is 4.98 Å². The van der Waals surface area contributed by atoms with Crippen molar-refractivity contribution in [3.8, 4) is 0 Å². The lowest BCUT2D eigenvalue weighted by atomic mass is 10.1. The van der Waals surface area contributed by atoms with Gasteiger partial charge in [-0.1, -0.05) is 30.3 Å². The first kappa shape index (κ1) is 12.5. The van der Waals surface area contributed by atoms with Crippen molar-refractivity contribution in [2.24, 2.45) is 0 Å². The molecule has 0 radical (unpaired) electrons. The maximum absolute atomic E-state index is 11.9. The van der Waals surface area contributed by atoms with E-state index in [1.165, 1.54) is 0 Å². The van der Waals surface area contributed by atoms with Gasteiger partial charge in [0.15, 0.2) is 0 Å². The van der Waals surface area contributed by atoms with Crippen LogP contribution in [0.5, 0.6) is 0 Å². The molecule has 0 bridgehead atoms. The van der Waals surface area contributed by atoms with Crippen molar-refractivity contribution >= 4 is 0 Å². The van der Waals surface area contributed by atoms with Gasteiger partial charge >= 0.3 is 0 Å². The molecule has 4 nitrogen and oxygen atoms in total. The predicted octanol–water partition coefficient (Wildman–Crippen LogP) is 1.39. The van der Waals surface area contributed by atoms with Crippen molar-refractivity contribution in [2.75, 3.05) is 7.05 Å². The molecule has 0 aliphatic heterocycles. The van der Waals surface area contributed by atoms with E-state index in [0.29, 0.717) is 24.4 Å². The minimum Gasteiger partial charge on any atom is -0.315 e. The molecule has 18 heavy (non-hydrogen) atoms. The number of H-pyrrole nitrogens is 1. The van der Waals surface area contributed by atoms with Crippen LogP contribution < -0.4 is 10.9 Å². The molecule has 0 spiro atoms. The molecular weight excluding hydrogens is 226 g/mol. The molecule has 0 aliphatic rings. The van der Waals surface area contributed by atoms with Gasteiger partial charge in [0.05, 0.1) is 5.56 Å². The van der Waals surface area contributed by atoms with Crippen LogP contribution in [0, 0.1) is 6.92 Å². The van der Waals surface area contributed by atoms with Crippen LogP contribution in [0.25, 0.3) is 0 Å². The SMILES string of the molecule is CNCc1c(C)nc(Cc2ccccc2)[nH]c1=O. The summed E-state index contributed by atoms with van der Waals surface area (Å²) >= 11 is 0. The normalized spacial score (nSPS) is 10.6. The summed E-state index contributed by atoms with van der Waals surface area (Å²) in [6.45, 7) is 2.41. The third-order valence-corrected chi connectivity index (χ3v) is 2.84. The highest BCUT2D eigenvalue weighted by atomic mass is 16.1. The fraction of sp³-hybridized carbons (Fsp3) is 0.286. The monoisotopic (exact) mass is 243 g/mol. The fourth-order valence-electron chi connectivity index (χ4n) is 1.93. The Labute approximate surface area is 106 Å². The smallest absolute Gasteiger partial charge is 0.255 e. The van der Waals surface area contributed by atoms with E-state index in [2.05, 4.69) is 15.3 Å². The summed E-state index contributed by atoms with van der Waals surface area (Å²) in [4.78, 5) is 19.2. The van der Waals surface area contributed by atoms with Crippen molar-refractivity contribution in [3.05, 3.63) is 63.3 Å². The van der Waals surface area contributed by atoms with Crippen LogP contribution >= 0.6 is 0 Å². The first-order valence-electron chi connectivity index (χ1n) is 5.98. The zero-order valence-corrected chi connectivity index (χ0v) is 10.7. The van der Waals surface area contributed by atoms with Gasteiger partial charge < -0.3 is 10.3 Å². The number of nitrogens with one attached hydrogen (secondary N) is 2. The van der Waals surface area contributed by atoms with Gasteiger partial charge in [0.25, 0.3) is 5.56 Å². The van der Waals surface area contributed by atoms with Crippen LogP contribution in [0.2, 0.25) is 0 Å².